The number of aromatic amines is 1. The highest BCUT2D eigenvalue weighted by Crippen LogP contribution is 2.54. The molecule has 41 heavy (non-hydrogen) atoms. The van der Waals surface area contributed by atoms with E-state index in [4.69, 9.17) is 9.47 Å². The van der Waals surface area contributed by atoms with Gasteiger partial charge in [0, 0.05) is 10.8 Å². The number of ether oxygens (including phenoxy) is 2. The predicted molar refractivity (Wildman–Crippen MR) is 148 cm³/mol. The maximum absolute atomic E-state index is 13.9. The number of methoxy groups -OCH3 is 1. The molecule has 1 aromatic heterocycles. The summed E-state index contributed by atoms with van der Waals surface area (Å²) in [5.74, 6) is -2.09. The predicted octanol–water partition coefficient (Wildman–Crippen LogP) is 5.84. The van der Waals surface area contributed by atoms with E-state index in [9.17, 15) is 27.6 Å². The van der Waals surface area contributed by atoms with Gasteiger partial charge in [-0.3, -0.25) is 14.4 Å². The second-order valence-corrected chi connectivity index (χ2v) is 11.7. The Morgan fingerprint density at radius 3 is 2.44 bits per heavy atom. The van der Waals surface area contributed by atoms with Gasteiger partial charge in [-0.15, -0.1) is 0 Å². The lowest BCUT2D eigenvalue weighted by Crippen LogP contribution is -2.32. The van der Waals surface area contributed by atoms with Crippen molar-refractivity contribution < 1.29 is 32.2 Å². The molecule has 12 heteroatoms. The molecule has 2 aliphatic rings. The summed E-state index contributed by atoms with van der Waals surface area (Å²) in [7, 11) is 1.48. The molecule has 2 amide bonds. The molecule has 2 aliphatic heterocycles. The lowest BCUT2D eigenvalue weighted by molar-refractivity contribution is -0.137. The minimum atomic E-state index is -4.64. The van der Waals surface area contributed by atoms with Gasteiger partial charge in [-0.25, -0.2) is 4.90 Å². The first kappa shape index (κ1) is 27.2. The topological polar surface area (TPSA) is 88.7 Å². The molecule has 0 radical (unpaired) electrons. The van der Waals surface area contributed by atoms with E-state index in [1.54, 1.807) is 18.2 Å². The Morgan fingerprint density at radius 2 is 1.71 bits per heavy atom. The van der Waals surface area contributed by atoms with Crippen molar-refractivity contribution in [2.24, 2.45) is 5.92 Å². The van der Waals surface area contributed by atoms with E-state index in [-0.39, 0.29) is 10.6 Å². The number of anilines is 1. The van der Waals surface area contributed by atoms with Crippen LogP contribution in [-0.4, -0.2) is 29.2 Å². The van der Waals surface area contributed by atoms with Crippen LogP contribution in [0.4, 0.5) is 18.9 Å². The minimum Gasteiger partial charge on any atom is -0.493 e. The Hall–Kier alpha value is -4.03. The number of alkyl halides is 3. The van der Waals surface area contributed by atoms with Gasteiger partial charge in [-0.2, -0.15) is 13.2 Å². The van der Waals surface area contributed by atoms with Gasteiger partial charge in [-0.1, -0.05) is 65.6 Å². The van der Waals surface area contributed by atoms with Crippen LogP contribution >= 0.6 is 23.1 Å². The Morgan fingerprint density at radius 1 is 0.927 bits per heavy atom. The molecule has 4 aromatic rings. The monoisotopic (exact) mass is 598 g/mol. The van der Waals surface area contributed by atoms with Gasteiger partial charge in [0.05, 0.1) is 29.3 Å². The third kappa shape index (κ3) is 4.91. The summed E-state index contributed by atoms with van der Waals surface area (Å²) in [6.07, 6.45) is -4.64. The van der Waals surface area contributed by atoms with Crippen molar-refractivity contribution in [2.45, 2.75) is 29.0 Å². The summed E-state index contributed by atoms with van der Waals surface area (Å²) in [5, 5.41) is -0.485. The molecule has 0 spiro atoms. The number of benzene rings is 3. The average molecular weight is 599 g/mol. The standard InChI is InChI=1S/C29H21F3N2O5S2/c1-38-20-12-16(10-11-19(20)39-14-15-6-3-2-4-7-15)21-22-24(40-25-23(21)41-28(37)33-25)27(36)34(26(22)35)18-9-5-8-17(13-18)29(30,31)32/h2-13,21-22,24H,14H2,1H3,(H,33,37). The number of hydrogen-bond acceptors (Lipinski definition) is 7. The van der Waals surface area contributed by atoms with Gasteiger partial charge in [0.2, 0.25) is 11.8 Å². The zero-order valence-corrected chi connectivity index (χ0v) is 22.9. The third-order valence-corrected chi connectivity index (χ3v) is 9.44. The molecule has 210 valence electrons. The van der Waals surface area contributed by atoms with E-state index in [0.29, 0.717) is 33.6 Å². The van der Waals surface area contributed by atoms with E-state index in [2.05, 4.69) is 4.98 Å². The number of imide groups is 1. The van der Waals surface area contributed by atoms with Gasteiger partial charge in [-0.05, 0) is 41.5 Å². The van der Waals surface area contributed by atoms with Crippen molar-refractivity contribution in [3.63, 3.8) is 0 Å². The smallest absolute Gasteiger partial charge is 0.416 e. The number of carbonyl (C=O) groups is 2. The summed E-state index contributed by atoms with van der Waals surface area (Å²) >= 11 is 1.99. The van der Waals surface area contributed by atoms with Crippen molar-refractivity contribution >= 4 is 40.6 Å². The SMILES string of the molecule is COc1cc(C2c3sc(=O)[nH]c3SC3C(=O)N(c4cccc(C(F)(F)F)c4)C(=O)C32)ccc1OCc1ccccc1. The van der Waals surface area contributed by atoms with E-state index in [1.807, 2.05) is 30.3 Å². The van der Waals surface area contributed by atoms with Crippen LogP contribution in [0.1, 0.15) is 27.5 Å². The molecule has 0 bridgehead atoms. The van der Waals surface area contributed by atoms with Crippen molar-refractivity contribution in [2.75, 3.05) is 12.0 Å². The summed E-state index contributed by atoms with van der Waals surface area (Å²) in [6, 6.07) is 18.9. The number of nitrogens with one attached hydrogen (secondary N) is 1. The molecule has 6 rings (SSSR count). The van der Waals surface area contributed by atoms with Crippen LogP contribution in [0.3, 0.4) is 0 Å². The average Bonchev–Trinajstić information content (AvgIpc) is 3.46. The molecule has 3 heterocycles. The number of fused-ring (bicyclic) bond motifs is 2. The van der Waals surface area contributed by atoms with Crippen LogP contribution in [0, 0.1) is 5.92 Å². The van der Waals surface area contributed by atoms with Gasteiger partial charge in [0.15, 0.2) is 11.5 Å². The Kier molecular flexibility index (Phi) is 6.90. The van der Waals surface area contributed by atoms with Crippen LogP contribution in [0.5, 0.6) is 11.5 Å². The fourth-order valence-corrected chi connectivity index (χ4v) is 7.70. The number of halogens is 3. The molecular formula is C29H21F3N2O5S2. The highest BCUT2D eigenvalue weighted by molar-refractivity contribution is 8.00. The van der Waals surface area contributed by atoms with Gasteiger partial charge in [0.1, 0.15) is 11.9 Å². The number of carbonyl (C=O) groups excluding carboxylic acids is 2. The number of H-pyrrole nitrogens is 1. The summed E-state index contributed by atoms with van der Waals surface area (Å²) in [4.78, 5) is 43.6. The maximum Gasteiger partial charge on any atom is 0.416 e. The Balaban J connectivity index is 1.38. The first-order valence-electron chi connectivity index (χ1n) is 12.4. The molecule has 3 atom stereocenters. The number of rotatable bonds is 6. The molecule has 1 N–H and O–H groups in total. The third-order valence-electron chi connectivity index (χ3n) is 7.04. The van der Waals surface area contributed by atoms with E-state index >= 15 is 0 Å². The normalized spacial score (nSPS) is 20.1. The van der Waals surface area contributed by atoms with Crippen molar-refractivity contribution in [1.82, 2.24) is 4.98 Å². The maximum atomic E-state index is 13.9. The lowest BCUT2D eigenvalue weighted by atomic mass is 9.83. The fraction of sp³-hybridized carbons (Fsp3) is 0.207. The van der Waals surface area contributed by atoms with Crippen molar-refractivity contribution in [3.05, 3.63) is 104 Å². The van der Waals surface area contributed by atoms with Crippen molar-refractivity contribution in [1.29, 1.82) is 0 Å². The van der Waals surface area contributed by atoms with Gasteiger partial charge >= 0.3 is 11.0 Å². The number of aromatic nitrogens is 1. The van der Waals surface area contributed by atoms with E-state index in [1.165, 1.54) is 19.2 Å². The number of thioether (sulfide) groups is 1. The highest BCUT2D eigenvalue weighted by Gasteiger charge is 2.56. The number of nitrogens with zero attached hydrogens (tertiary/aromatic N) is 1. The molecule has 7 nitrogen and oxygen atoms in total. The molecule has 1 saturated heterocycles. The highest BCUT2D eigenvalue weighted by atomic mass is 32.2. The largest absolute Gasteiger partial charge is 0.493 e. The molecule has 3 unspecified atom stereocenters. The molecular weight excluding hydrogens is 577 g/mol. The fourth-order valence-electron chi connectivity index (χ4n) is 5.18. The number of hydrogen-bond donors (Lipinski definition) is 1. The summed E-state index contributed by atoms with van der Waals surface area (Å²) < 4.78 is 51.8. The Labute approximate surface area is 239 Å². The van der Waals surface area contributed by atoms with Gasteiger partial charge in [0.25, 0.3) is 0 Å². The minimum absolute atomic E-state index is 0.150. The molecule has 0 aliphatic carbocycles. The van der Waals surface area contributed by atoms with Crippen LogP contribution in [0.2, 0.25) is 0 Å². The second-order valence-electron chi connectivity index (χ2n) is 9.49. The zero-order valence-electron chi connectivity index (χ0n) is 21.3. The molecule has 0 saturated carbocycles. The van der Waals surface area contributed by atoms with E-state index < -0.39 is 40.6 Å². The summed E-state index contributed by atoms with van der Waals surface area (Å²) in [6.45, 7) is 0.295. The molecule has 1 fully saturated rings. The van der Waals surface area contributed by atoms with Crippen LogP contribution in [0.25, 0.3) is 0 Å². The van der Waals surface area contributed by atoms with Crippen LogP contribution < -0.4 is 19.2 Å². The second kappa shape index (κ2) is 10.4. The van der Waals surface area contributed by atoms with Crippen molar-refractivity contribution in [3.8, 4) is 11.5 Å². The number of amides is 2. The quantitative estimate of drug-likeness (QED) is 0.281. The summed E-state index contributed by atoms with van der Waals surface area (Å²) in [5.41, 5.74) is 0.446. The van der Waals surface area contributed by atoms with Crippen LogP contribution in [-0.2, 0) is 22.4 Å². The first-order valence-corrected chi connectivity index (χ1v) is 14.1. The number of thiazole rings is 1. The van der Waals surface area contributed by atoms with E-state index in [0.717, 1.165) is 45.7 Å². The van der Waals surface area contributed by atoms with Crippen LogP contribution in [0.15, 0.2) is 82.6 Å². The first-order chi connectivity index (χ1) is 19.7. The molecule has 3 aromatic carbocycles. The zero-order chi connectivity index (χ0) is 28.9. The lowest BCUT2D eigenvalue weighted by Gasteiger charge is -2.30. The van der Waals surface area contributed by atoms with Gasteiger partial charge < -0.3 is 14.5 Å². The Bertz CT molecular complexity index is 1700.